The van der Waals surface area contributed by atoms with Crippen LogP contribution in [0, 0.1) is 0 Å². The third-order valence-corrected chi connectivity index (χ3v) is 17.6. The third-order valence-electron chi connectivity index (χ3n) is 16.4. The van der Waals surface area contributed by atoms with E-state index in [4.69, 9.17) is 4.74 Å². The van der Waals surface area contributed by atoms with Crippen molar-refractivity contribution < 1.29 is 4.74 Å². The molecule has 0 spiro atoms. The molecule has 0 atom stereocenters. The Balaban J connectivity index is 1.08. The van der Waals surface area contributed by atoms with Gasteiger partial charge in [0.25, 0.3) is 20.1 Å². The summed E-state index contributed by atoms with van der Waals surface area (Å²) in [5.74, 6) is 2.94. The van der Waals surface area contributed by atoms with Crippen molar-refractivity contribution in [1.29, 1.82) is 0 Å². The van der Waals surface area contributed by atoms with Crippen molar-refractivity contribution in [3.05, 3.63) is 193 Å². The van der Waals surface area contributed by atoms with Crippen LogP contribution >= 0.6 is 11.8 Å². The predicted octanol–water partition coefficient (Wildman–Crippen LogP) is 10.8. The molecule has 9 aromatic carbocycles. The largest absolute Gasteiger partial charge is 0.458 e. The Bertz CT molecular complexity index is 3750. The Kier molecular flexibility index (Phi) is 8.84. The average molecular weight is 930 g/mol. The van der Waals surface area contributed by atoms with Gasteiger partial charge < -0.3 is 19.4 Å². The van der Waals surface area contributed by atoms with Crippen LogP contribution in [0.1, 0.15) is 76.0 Å². The molecule has 0 fully saturated rings. The molecule has 0 amide bonds. The summed E-state index contributed by atoms with van der Waals surface area (Å²) in [6.07, 6.45) is 0. The van der Waals surface area contributed by atoms with Gasteiger partial charge in [-0.05, 0) is 133 Å². The molecule has 4 nitrogen and oxygen atoms in total. The number of benzene rings is 9. The second kappa shape index (κ2) is 15.1. The maximum absolute atomic E-state index is 7.26. The van der Waals surface area contributed by atoms with Crippen molar-refractivity contribution >= 4 is 132 Å². The molecule has 9 aromatic rings. The summed E-state index contributed by atoms with van der Waals surface area (Å²) in [4.78, 5) is 10.4. The van der Waals surface area contributed by atoms with Gasteiger partial charge in [0.2, 0.25) is 0 Å². The van der Waals surface area contributed by atoms with E-state index < -0.39 is 0 Å². The predicted molar refractivity (Wildman–Crippen MR) is 304 cm³/mol. The van der Waals surface area contributed by atoms with Crippen molar-refractivity contribution in [2.75, 3.05) is 14.7 Å². The number of fused-ring (bicyclic) bond motifs is 14. The van der Waals surface area contributed by atoms with Crippen LogP contribution in [-0.4, -0.2) is 20.1 Å². The van der Waals surface area contributed by atoms with Crippen LogP contribution in [0.4, 0.5) is 51.2 Å². The highest BCUT2D eigenvalue weighted by Crippen LogP contribution is 2.55. The van der Waals surface area contributed by atoms with Crippen LogP contribution in [-0.2, 0) is 0 Å². The first-order valence-electron chi connectivity index (χ1n) is 25.6. The van der Waals surface area contributed by atoms with Crippen molar-refractivity contribution in [2.24, 2.45) is 0 Å². The van der Waals surface area contributed by atoms with Crippen LogP contribution in [0.5, 0.6) is 11.5 Å². The number of rotatable bonds is 5. The number of anilines is 9. The van der Waals surface area contributed by atoms with E-state index in [1.165, 1.54) is 115 Å². The van der Waals surface area contributed by atoms with E-state index in [1.54, 1.807) is 0 Å². The lowest BCUT2D eigenvalue weighted by Crippen LogP contribution is -2.69. The SMILES string of the molecule is CC(C)c1cc(C(C)C)c(B2c3ccccc3Oc3cc4c(cc32)B2c3ccccc3N3c5ccccc5B5c6cccc7c6N(c6ccccc6S7)c6cc(c2c3c65)N4c2ccccc2)c(C(C)C)c1. The first kappa shape index (κ1) is 41.5. The van der Waals surface area contributed by atoms with Gasteiger partial charge in [-0.2, -0.15) is 0 Å². The molecule has 0 radical (unpaired) electrons. The smallest absolute Gasteiger partial charge is 0.252 e. The molecule has 338 valence electrons. The summed E-state index contributed by atoms with van der Waals surface area (Å²) in [7, 11) is 0. The normalized spacial score (nSPS) is 14.6. The number of hydrogen-bond donors (Lipinski definition) is 0. The highest BCUT2D eigenvalue weighted by atomic mass is 32.2. The minimum absolute atomic E-state index is 0.0287. The Labute approximate surface area is 422 Å². The molecule has 6 aliphatic rings. The second-order valence-corrected chi connectivity index (χ2v) is 22.4. The van der Waals surface area contributed by atoms with Crippen molar-refractivity contribution in [3.8, 4) is 11.5 Å². The van der Waals surface area contributed by atoms with Crippen molar-refractivity contribution in [1.82, 2.24) is 0 Å². The Hall–Kier alpha value is -7.28. The van der Waals surface area contributed by atoms with E-state index in [2.05, 4.69) is 232 Å². The van der Waals surface area contributed by atoms with E-state index in [9.17, 15) is 0 Å². The summed E-state index contributed by atoms with van der Waals surface area (Å²) in [6, 6.07) is 67.0. The molecular weight excluding hydrogens is 879 g/mol. The highest BCUT2D eigenvalue weighted by molar-refractivity contribution is 7.99. The summed E-state index contributed by atoms with van der Waals surface area (Å²) in [5.41, 5.74) is 27.3. The van der Waals surface area contributed by atoms with Gasteiger partial charge in [-0.1, -0.05) is 174 Å². The molecular formula is C63H50B3N3OS. The van der Waals surface area contributed by atoms with Crippen LogP contribution in [0.2, 0.25) is 0 Å². The molecule has 0 aromatic heterocycles. The summed E-state index contributed by atoms with van der Waals surface area (Å²) < 4.78 is 7.26. The summed E-state index contributed by atoms with van der Waals surface area (Å²) in [5, 5.41) is 0. The standard InChI is InChI=1S/C63H50B3N3OS/c1-36(2)39-31-41(37(3)4)59(42(32-39)38(5)6)66-45-23-12-16-28-55(45)70-56-35-52-47(33-48(56)66)65-44-22-11-14-26-50(44)68-49-25-13-10-21-43(49)64-46-24-18-30-58-62(46)69(51-27-15-17-29-57(51)71-58)54-34-53(60(65)63(68)61(54)64)67(52)40-19-8-7-9-20-40/h7-38H,1-6H3. The zero-order valence-electron chi connectivity index (χ0n) is 40.9. The number of nitrogens with zero attached hydrogens (tertiary/aromatic N) is 3. The number of para-hydroxylation sites is 6. The second-order valence-electron chi connectivity index (χ2n) is 21.3. The summed E-state index contributed by atoms with van der Waals surface area (Å²) in [6.45, 7) is 14.1. The Morgan fingerprint density at radius 3 is 1.61 bits per heavy atom. The van der Waals surface area contributed by atoms with Crippen LogP contribution < -0.4 is 68.6 Å². The zero-order chi connectivity index (χ0) is 47.6. The lowest BCUT2D eigenvalue weighted by Gasteiger charge is -2.51. The fourth-order valence-corrected chi connectivity index (χ4v) is 14.5. The van der Waals surface area contributed by atoms with E-state index in [0.29, 0.717) is 17.8 Å². The lowest BCUT2D eigenvalue weighted by molar-refractivity contribution is 0.487. The molecule has 6 aliphatic heterocycles. The zero-order valence-corrected chi connectivity index (χ0v) is 41.7. The molecule has 0 N–H and O–H groups in total. The monoisotopic (exact) mass is 929 g/mol. The first-order chi connectivity index (χ1) is 34.7. The van der Waals surface area contributed by atoms with Gasteiger partial charge in [-0.3, -0.25) is 0 Å². The molecule has 71 heavy (non-hydrogen) atoms. The first-order valence-corrected chi connectivity index (χ1v) is 26.4. The highest BCUT2D eigenvalue weighted by Gasteiger charge is 2.53. The van der Waals surface area contributed by atoms with Crippen LogP contribution in [0.25, 0.3) is 0 Å². The van der Waals surface area contributed by atoms with Gasteiger partial charge in [-0.25, -0.2) is 0 Å². The third kappa shape index (κ3) is 5.63. The molecule has 6 heterocycles. The molecule has 15 rings (SSSR count). The quantitative estimate of drug-likeness (QED) is 0.160. The molecule has 0 unspecified atom stereocenters. The van der Waals surface area contributed by atoms with Gasteiger partial charge in [-0.15, -0.1) is 0 Å². The maximum atomic E-state index is 7.26. The molecule has 0 saturated carbocycles. The molecule has 0 aliphatic carbocycles. The molecule has 0 bridgehead atoms. The number of ether oxygens (including phenoxy) is 1. The Morgan fingerprint density at radius 2 is 0.915 bits per heavy atom. The van der Waals surface area contributed by atoms with E-state index >= 15 is 0 Å². The van der Waals surface area contributed by atoms with E-state index in [1.807, 2.05) is 11.8 Å². The fourth-order valence-electron chi connectivity index (χ4n) is 13.4. The topological polar surface area (TPSA) is 19.0 Å². The number of hydrogen-bond acceptors (Lipinski definition) is 5. The van der Waals surface area contributed by atoms with E-state index in [-0.39, 0.29) is 20.1 Å². The molecule has 0 saturated heterocycles. The average Bonchev–Trinajstić information content (AvgIpc) is 3.40. The fraction of sp³-hybridized carbons (Fsp3) is 0.143. The van der Waals surface area contributed by atoms with E-state index in [0.717, 1.165) is 22.9 Å². The lowest BCUT2D eigenvalue weighted by atomic mass is 9.28. The molecule has 8 heteroatoms. The maximum Gasteiger partial charge on any atom is 0.252 e. The minimum atomic E-state index is -0.0591. The van der Waals surface area contributed by atoms with Crippen LogP contribution in [0.15, 0.2) is 186 Å². The van der Waals surface area contributed by atoms with Gasteiger partial charge in [0, 0.05) is 55.7 Å². The van der Waals surface area contributed by atoms with Gasteiger partial charge in [0.05, 0.1) is 11.4 Å². The summed E-state index contributed by atoms with van der Waals surface area (Å²) >= 11 is 1.90. The van der Waals surface area contributed by atoms with Crippen LogP contribution in [0.3, 0.4) is 0 Å². The van der Waals surface area contributed by atoms with Gasteiger partial charge in [0.15, 0.2) is 0 Å². The minimum Gasteiger partial charge on any atom is -0.458 e. The van der Waals surface area contributed by atoms with Crippen molar-refractivity contribution in [3.63, 3.8) is 0 Å². The van der Waals surface area contributed by atoms with Gasteiger partial charge >= 0.3 is 0 Å². The van der Waals surface area contributed by atoms with Crippen molar-refractivity contribution in [2.45, 2.75) is 69.1 Å². The Morgan fingerprint density at radius 1 is 0.366 bits per heavy atom. The van der Waals surface area contributed by atoms with Gasteiger partial charge in [0.1, 0.15) is 11.5 Å².